The van der Waals surface area contributed by atoms with Crippen LogP contribution in [0.4, 0.5) is 0 Å². The summed E-state index contributed by atoms with van der Waals surface area (Å²) in [5.41, 5.74) is 0. The van der Waals surface area contributed by atoms with Gasteiger partial charge in [-0.1, -0.05) is 0 Å². The minimum absolute atomic E-state index is 0.420. The van der Waals surface area contributed by atoms with Gasteiger partial charge in [-0.25, -0.2) is 0 Å². The highest BCUT2D eigenvalue weighted by molar-refractivity contribution is 4.76. The van der Waals surface area contributed by atoms with Gasteiger partial charge in [-0.05, 0) is 33.9 Å². The first kappa shape index (κ1) is 8.02. The number of nitrogens with zero attached hydrogens (tertiary/aromatic N) is 1. The number of hydrogen-bond donors (Lipinski definition) is 0. The first-order valence-corrected chi connectivity index (χ1v) is 4.00. The largest absolute Gasteiger partial charge is 0.377 e. The first-order valence-electron chi connectivity index (χ1n) is 4.00. The van der Waals surface area contributed by atoms with Crippen molar-refractivity contribution in [3.8, 4) is 0 Å². The molecule has 1 aliphatic heterocycles. The summed E-state index contributed by atoms with van der Waals surface area (Å²) in [4.78, 5) is 2.25. The van der Waals surface area contributed by atoms with Crippen molar-refractivity contribution in [3.05, 3.63) is 0 Å². The van der Waals surface area contributed by atoms with E-state index in [0.29, 0.717) is 12.1 Å². The highest BCUT2D eigenvalue weighted by atomic mass is 16.5. The van der Waals surface area contributed by atoms with Crippen LogP contribution in [-0.4, -0.2) is 37.7 Å². The maximum Gasteiger partial charge on any atom is 0.0701 e. The molecule has 0 saturated carbocycles. The Bertz CT molecular complexity index is 103. The molecule has 2 atom stereocenters. The van der Waals surface area contributed by atoms with Crippen molar-refractivity contribution in [2.24, 2.45) is 0 Å². The van der Waals surface area contributed by atoms with E-state index in [0.717, 1.165) is 6.61 Å². The van der Waals surface area contributed by atoms with Crippen molar-refractivity contribution in [3.63, 3.8) is 0 Å². The van der Waals surface area contributed by atoms with E-state index in [2.05, 4.69) is 25.9 Å². The molecule has 0 spiro atoms. The second-order valence-electron chi connectivity index (χ2n) is 3.25. The summed E-state index contributed by atoms with van der Waals surface area (Å²) in [6.45, 7) is 3.11. The Labute approximate surface area is 63.2 Å². The molecule has 0 aliphatic carbocycles. The van der Waals surface area contributed by atoms with Crippen LogP contribution in [0.1, 0.15) is 19.8 Å². The van der Waals surface area contributed by atoms with Crippen LogP contribution >= 0.6 is 0 Å². The van der Waals surface area contributed by atoms with Gasteiger partial charge < -0.3 is 9.64 Å². The summed E-state index contributed by atoms with van der Waals surface area (Å²) in [6.07, 6.45) is 2.92. The van der Waals surface area contributed by atoms with Gasteiger partial charge in [0.15, 0.2) is 0 Å². The molecule has 10 heavy (non-hydrogen) atoms. The van der Waals surface area contributed by atoms with Crippen molar-refractivity contribution in [2.45, 2.75) is 31.9 Å². The van der Waals surface area contributed by atoms with E-state index in [9.17, 15) is 0 Å². The molecule has 0 N–H and O–H groups in total. The Kier molecular flexibility index (Phi) is 2.69. The van der Waals surface area contributed by atoms with Crippen LogP contribution in [-0.2, 0) is 4.74 Å². The minimum atomic E-state index is 0.420. The Hall–Kier alpha value is -0.0800. The minimum Gasteiger partial charge on any atom is -0.377 e. The van der Waals surface area contributed by atoms with E-state index in [1.807, 2.05) is 0 Å². The Morgan fingerprint density at radius 1 is 1.40 bits per heavy atom. The third kappa shape index (κ3) is 1.70. The SMILES string of the molecule is C[C@H]1OCCC[C@@H]1N(C)C. The number of likely N-dealkylation sites (N-methyl/N-ethyl adjacent to an activating group) is 1. The van der Waals surface area contributed by atoms with Crippen molar-refractivity contribution in [2.75, 3.05) is 20.7 Å². The van der Waals surface area contributed by atoms with Crippen LogP contribution in [0.3, 0.4) is 0 Å². The molecule has 1 heterocycles. The second-order valence-corrected chi connectivity index (χ2v) is 3.25. The average Bonchev–Trinajstić information content (AvgIpc) is 1.88. The van der Waals surface area contributed by atoms with E-state index in [1.54, 1.807) is 0 Å². The molecule has 0 amide bonds. The normalized spacial score (nSPS) is 34.8. The molecule has 1 fully saturated rings. The fourth-order valence-electron chi connectivity index (χ4n) is 1.59. The molecule has 0 radical (unpaired) electrons. The lowest BCUT2D eigenvalue weighted by molar-refractivity contribution is -0.0270. The van der Waals surface area contributed by atoms with Crippen LogP contribution in [0.2, 0.25) is 0 Å². The van der Waals surface area contributed by atoms with Gasteiger partial charge in [0.25, 0.3) is 0 Å². The van der Waals surface area contributed by atoms with Gasteiger partial charge in [0.05, 0.1) is 6.10 Å². The summed E-state index contributed by atoms with van der Waals surface area (Å²) in [5, 5.41) is 0. The molecule has 1 aliphatic rings. The highest BCUT2D eigenvalue weighted by Gasteiger charge is 2.22. The number of ether oxygens (including phenoxy) is 1. The van der Waals surface area contributed by atoms with Crippen LogP contribution in [0.5, 0.6) is 0 Å². The first-order chi connectivity index (χ1) is 4.72. The average molecular weight is 143 g/mol. The monoisotopic (exact) mass is 143 g/mol. The molecule has 1 saturated heterocycles. The van der Waals surface area contributed by atoms with Gasteiger partial charge in [0, 0.05) is 12.6 Å². The molecule has 0 aromatic heterocycles. The molecule has 0 unspecified atom stereocenters. The molecule has 1 rings (SSSR count). The standard InChI is InChI=1S/C8H17NO/c1-7-8(9(2)3)5-4-6-10-7/h7-8H,4-6H2,1-3H3/t7-,8+/m1/s1. The summed E-state index contributed by atoms with van der Waals surface area (Å²) < 4.78 is 5.51. The summed E-state index contributed by atoms with van der Waals surface area (Å²) in [5.74, 6) is 0. The van der Waals surface area contributed by atoms with Gasteiger partial charge in [0.1, 0.15) is 0 Å². The molecule has 0 bridgehead atoms. The third-order valence-electron chi connectivity index (χ3n) is 2.23. The van der Waals surface area contributed by atoms with E-state index in [-0.39, 0.29) is 0 Å². The Morgan fingerprint density at radius 2 is 2.10 bits per heavy atom. The fourth-order valence-corrected chi connectivity index (χ4v) is 1.59. The topological polar surface area (TPSA) is 12.5 Å². The maximum atomic E-state index is 5.51. The Balaban J connectivity index is 2.40. The molecular weight excluding hydrogens is 126 g/mol. The zero-order valence-corrected chi connectivity index (χ0v) is 7.13. The molecule has 2 heteroatoms. The van der Waals surface area contributed by atoms with Crippen molar-refractivity contribution >= 4 is 0 Å². The predicted molar refractivity (Wildman–Crippen MR) is 42.1 cm³/mol. The lowest BCUT2D eigenvalue weighted by Crippen LogP contribution is -2.42. The second kappa shape index (κ2) is 3.35. The molecule has 0 aromatic rings. The lowest BCUT2D eigenvalue weighted by Gasteiger charge is -2.33. The fraction of sp³-hybridized carbons (Fsp3) is 1.00. The summed E-state index contributed by atoms with van der Waals surface area (Å²) >= 11 is 0. The Morgan fingerprint density at radius 3 is 2.50 bits per heavy atom. The smallest absolute Gasteiger partial charge is 0.0701 e. The zero-order valence-electron chi connectivity index (χ0n) is 7.13. The highest BCUT2D eigenvalue weighted by Crippen LogP contribution is 2.16. The lowest BCUT2D eigenvalue weighted by atomic mass is 10.0. The van der Waals surface area contributed by atoms with E-state index in [1.165, 1.54) is 12.8 Å². The van der Waals surface area contributed by atoms with Gasteiger partial charge in [0.2, 0.25) is 0 Å². The van der Waals surface area contributed by atoms with Crippen LogP contribution in [0.25, 0.3) is 0 Å². The summed E-state index contributed by atoms with van der Waals surface area (Å²) in [7, 11) is 4.24. The molecular formula is C8H17NO. The van der Waals surface area contributed by atoms with Gasteiger partial charge >= 0.3 is 0 Å². The molecule has 2 nitrogen and oxygen atoms in total. The van der Waals surface area contributed by atoms with Gasteiger partial charge in [-0.3, -0.25) is 0 Å². The zero-order chi connectivity index (χ0) is 7.56. The van der Waals surface area contributed by atoms with Crippen molar-refractivity contribution in [1.29, 1.82) is 0 Å². The van der Waals surface area contributed by atoms with E-state index < -0.39 is 0 Å². The van der Waals surface area contributed by atoms with Crippen molar-refractivity contribution in [1.82, 2.24) is 4.90 Å². The molecule has 0 aromatic carbocycles. The van der Waals surface area contributed by atoms with Crippen molar-refractivity contribution < 1.29 is 4.74 Å². The third-order valence-corrected chi connectivity index (χ3v) is 2.23. The number of rotatable bonds is 1. The summed E-state index contributed by atoms with van der Waals surface area (Å²) in [6, 6.07) is 0.633. The number of hydrogen-bond acceptors (Lipinski definition) is 2. The van der Waals surface area contributed by atoms with Gasteiger partial charge in [-0.2, -0.15) is 0 Å². The molecule has 60 valence electrons. The van der Waals surface area contributed by atoms with Crippen LogP contribution in [0.15, 0.2) is 0 Å². The van der Waals surface area contributed by atoms with Gasteiger partial charge in [-0.15, -0.1) is 0 Å². The maximum absolute atomic E-state index is 5.51. The van der Waals surface area contributed by atoms with Crippen LogP contribution < -0.4 is 0 Å². The van der Waals surface area contributed by atoms with E-state index >= 15 is 0 Å². The van der Waals surface area contributed by atoms with Crippen LogP contribution in [0, 0.1) is 0 Å². The quantitative estimate of drug-likeness (QED) is 0.545. The predicted octanol–water partition coefficient (Wildman–Crippen LogP) is 1.12. The van der Waals surface area contributed by atoms with E-state index in [4.69, 9.17) is 4.74 Å².